The van der Waals surface area contributed by atoms with Crippen LogP contribution in [0.25, 0.3) is 0 Å². The van der Waals surface area contributed by atoms with Crippen molar-refractivity contribution in [2.45, 2.75) is 23.8 Å². The fraction of sp³-hybridized carbons (Fsp3) is 0.429. The van der Waals surface area contributed by atoms with Crippen molar-refractivity contribution in [3.8, 4) is 17.2 Å². The molecule has 2 aliphatic heterocycles. The van der Waals surface area contributed by atoms with Crippen molar-refractivity contribution in [2.24, 2.45) is 0 Å². The third-order valence-corrected chi connectivity index (χ3v) is 6.79. The Morgan fingerprint density at radius 3 is 2.37 bits per heavy atom. The lowest BCUT2D eigenvalue weighted by molar-refractivity contribution is 0.171. The zero-order valence-corrected chi connectivity index (χ0v) is 18.5. The molecule has 9 heteroatoms. The van der Waals surface area contributed by atoms with Crippen LogP contribution in [0.1, 0.15) is 24.4 Å². The number of ether oxygens (including phenoxy) is 3. The van der Waals surface area contributed by atoms with Gasteiger partial charge >= 0.3 is 0 Å². The highest BCUT2D eigenvalue weighted by atomic mass is 35.5. The standard InChI is InChI=1S/C21H26N2O5S.ClH/c1-26-17-6-4-16(5-7-17)19(23-10-2-3-11-23)15-22-29(24,25)18-8-9-20-21(14-18)28-13-12-27-20;/h4-9,14,19,22H,2-3,10-13,15H2,1H3;1H. The third kappa shape index (κ3) is 5.00. The maximum Gasteiger partial charge on any atom is 0.240 e. The Hall–Kier alpha value is -2.00. The van der Waals surface area contributed by atoms with Crippen molar-refractivity contribution < 1.29 is 22.6 Å². The average molecular weight is 455 g/mol. The summed E-state index contributed by atoms with van der Waals surface area (Å²) in [5.41, 5.74) is 1.07. The average Bonchev–Trinajstić information content (AvgIpc) is 3.28. The van der Waals surface area contributed by atoms with Gasteiger partial charge in [0.2, 0.25) is 10.0 Å². The Morgan fingerprint density at radius 1 is 1.03 bits per heavy atom. The topological polar surface area (TPSA) is 77.1 Å². The summed E-state index contributed by atoms with van der Waals surface area (Å²) >= 11 is 0. The number of rotatable bonds is 7. The van der Waals surface area contributed by atoms with Gasteiger partial charge in [-0.1, -0.05) is 12.1 Å². The summed E-state index contributed by atoms with van der Waals surface area (Å²) < 4.78 is 44.9. The number of nitrogens with zero attached hydrogens (tertiary/aromatic N) is 1. The predicted octanol–water partition coefficient (Wildman–Crippen LogP) is 3.00. The van der Waals surface area contributed by atoms with E-state index in [9.17, 15) is 8.42 Å². The Morgan fingerprint density at radius 2 is 1.70 bits per heavy atom. The lowest BCUT2D eigenvalue weighted by Crippen LogP contribution is -2.36. The molecule has 164 valence electrons. The molecule has 2 aromatic rings. The number of methoxy groups -OCH3 is 1. The summed E-state index contributed by atoms with van der Waals surface area (Å²) in [6.07, 6.45) is 2.25. The molecular weight excluding hydrogens is 428 g/mol. The van der Waals surface area contributed by atoms with Crippen molar-refractivity contribution in [3.05, 3.63) is 48.0 Å². The Labute approximate surface area is 183 Å². The van der Waals surface area contributed by atoms with Gasteiger partial charge in [0.05, 0.1) is 12.0 Å². The van der Waals surface area contributed by atoms with Crippen LogP contribution in [0.3, 0.4) is 0 Å². The van der Waals surface area contributed by atoms with Crippen molar-refractivity contribution in [2.75, 3.05) is 40.0 Å². The molecule has 2 aromatic carbocycles. The van der Waals surface area contributed by atoms with E-state index in [-0.39, 0.29) is 23.3 Å². The second kappa shape index (κ2) is 9.87. The summed E-state index contributed by atoms with van der Waals surface area (Å²) in [4.78, 5) is 2.50. The fourth-order valence-corrected chi connectivity index (χ4v) is 4.85. The van der Waals surface area contributed by atoms with Gasteiger partial charge in [0.15, 0.2) is 11.5 Å². The monoisotopic (exact) mass is 454 g/mol. The van der Waals surface area contributed by atoms with Gasteiger partial charge in [0.1, 0.15) is 19.0 Å². The van der Waals surface area contributed by atoms with Crippen LogP contribution in [-0.4, -0.2) is 53.3 Å². The third-order valence-electron chi connectivity index (χ3n) is 5.37. The Bertz CT molecular complexity index is 946. The van der Waals surface area contributed by atoms with E-state index in [2.05, 4.69) is 9.62 Å². The van der Waals surface area contributed by atoms with Crippen molar-refractivity contribution in [3.63, 3.8) is 0 Å². The van der Waals surface area contributed by atoms with Crippen molar-refractivity contribution in [1.82, 2.24) is 9.62 Å². The summed E-state index contributed by atoms with van der Waals surface area (Å²) in [7, 11) is -2.04. The van der Waals surface area contributed by atoms with E-state index < -0.39 is 10.0 Å². The molecular formula is C21H27ClN2O5S. The van der Waals surface area contributed by atoms with Crippen LogP contribution in [0.4, 0.5) is 0 Å². The minimum atomic E-state index is -3.68. The first kappa shape index (κ1) is 22.7. The molecule has 2 heterocycles. The van der Waals surface area contributed by atoms with Gasteiger partial charge in [-0.05, 0) is 55.8 Å². The van der Waals surface area contributed by atoms with Crippen LogP contribution in [0.5, 0.6) is 17.2 Å². The summed E-state index contributed by atoms with van der Waals surface area (Å²) in [6, 6.07) is 12.5. The number of sulfonamides is 1. The molecule has 0 radical (unpaired) electrons. The first-order valence-electron chi connectivity index (χ1n) is 9.84. The van der Waals surface area contributed by atoms with E-state index in [1.54, 1.807) is 19.2 Å². The smallest absolute Gasteiger partial charge is 0.240 e. The minimum Gasteiger partial charge on any atom is -0.497 e. The van der Waals surface area contributed by atoms with E-state index in [0.29, 0.717) is 31.3 Å². The molecule has 0 amide bonds. The van der Waals surface area contributed by atoms with E-state index in [4.69, 9.17) is 14.2 Å². The van der Waals surface area contributed by atoms with Gasteiger partial charge in [-0.3, -0.25) is 4.90 Å². The highest BCUT2D eigenvalue weighted by Gasteiger charge is 2.26. The summed E-state index contributed by atoms with van der Waals surface area (Å²) in [5.74, 6) is 1.82. The number of hydrogen-bond acceptors (Lipinski definition) is 6. The van der Waals surface area contributed by atoms with Gasteiger partial charge in [-0.15, -0.1) is 12.4 Å². The van der Waals surface area contributed by atoms with Crippen LogP contribution in [0, 0.1) is 0 Å². The molecule has 1 fully saturated rings. The SMILES string of the molecule is COc1ccc(C(CNS(=O)(=O)c2ccc3c(c2)OCCO3)N2CCCC2)cc1.Cl. The molecule has 1 saturated heterocycles. The first-order valence-corrected chi connectivity index (χ1v) is 11.3. The lowest BCUT2D eigenvalue weighted by Gasteiger charge is -2.28. The summed E-state index contributed by atoms with van der Waals surface area (Å²) in [6.45, 7) is 3.10. The molecule has 0 aromatic heterocycles. The minimum absolute atomic E-state index is 0. The molecule has 1 N–H and O–H groups in total. The predicted molar refractivity (Wildman–Crippen MR) is 116 cm³/mol. The van der Waals surface area contributed by atoms with Crippen LogP contribution in [0.2, 0.25) is 0 Å². The molecule has 4 rings (SSSR count). The number of halogens is 1. The zero-order valence-electron chi connectivity index (χ0n) is 16.9. The molecule has 7 nitrogen and oxygen atoms in total. The second-order valence-electron chi connectivity index (χ2n) is 7.19. The molecule has 0 aliphatic carbocycles. The van der Waals surface area contributed by atoms with Crippen LogP contribution < -0.4 is 18.9 Å². The van der Waals surface area contributed by atoms with Crippen molar-refractivity contribution >= 4 is 22.4 Å². The van der Waals surface area contributed by atoms with Crippen LogP contribution in [0.15, 0.2) is 47.4 Å². The van der Waals surface area contributed by atoms with Gasteiger partial charge in [0.25, 0.3) is 0 Å². The van der Waals surface area contributed by atoms with Gasteiger partial charge in [-0.2, -0.15) is 0 Å². The number of benzene rings is 2. The van der Waals surface area contributed by atoms with E-state index in [1.165, 1.54) is 6.07 Å². The highest BCUT2D eigenvalue weighted by molar-refractivity contribution is 7.89. The lowest BCUT2D eigenvalue weighted by atomic mass is 10.1. The van der Waals surface area contributed by atoms with E-state index in [1.807, 2.05) is 24.3 Å². The van der Waals surface area contributed by atoms with Crippen molar-refractivity contribution in [1.29, 1.82) is 0 Å². The molecule has 0 bridgehead atoms. The quantitative estimate of drug-likeness (QED) is 0.693. The molecule has 1 atom stereocenters. The highest BCUT2D eigenvalue weighted by Crippen LogP contribution is 2.32. The number of hydrogen-bond donors (Lipinski definition) is 1. The Balaban J connectivity index is 0.00000256. The van der Waals surface area contributed by atoms with Gasteiger partial charge in [-0.25, -0.2) is 13.1 Å². The number of fused-ring (bicyclic) bond motifs is 1. The zero-order chi connectivity index (χ0) is 20.3. The maximum absolute atomic E-state index is 12.9. The fourth-order valence-electron chi connectivity index (χ4n) is 3.80. The second-order valence-corrected chi connectivity index (χ2v) is 8.96. The molecule has 0 saturated carbocycles. The van der Waals surface area contributed by atoms with Crippen LogP contribution in [-0.2, 0) is 10.0 Å². The molecule has 30 heavy (non-hydrogen) atoms. The maximum atomic E-state index is 12.9. The Kier molecular flexibility index (Phi) is 7.46. The largest absolute Gasteiger partial charge is 0.497 e. The molecule has 2 aliphatic rings. The van der Waals surface area contributed by atoms with E-state index >= 15 is 0 Å². The molecule has 0 spiro atoms. The van der Waals surface area contributed by atoms with Gasteiger partial charge in [0, 0.05) is 18.7 Å². The van der Waals surface area contributed by atoms with Crippen LogP contribution >= 0.6 is 12.4 Å². The summed E-state index contributed by atoms with van der Waals surface area (Å²) in [5, 5.41) is 0. The van der Waals surface area contributed by atoms with Gasteiger partial charge < -0.3 is 14.2 Å². The first-order chi connectivity index (χ1) is 14.1. The normalized spacial score (nSPS) is 17.2. The number of likely N-dealkylation sites (tertiary alicyclic amines) is 1. The van der Waals surface area contributed by atoms with E-state index in [0.717, 1.165) is 37.2 Å². The number of nitrogens with one attached hydrogen (secondary N) is 1. The molecule has 1 unspecified atom stereocenters.